The van der Waals surface area contributed by atoms with Gasteiger partial charge in [-0.25, -0.2) is 0 Å². The lowest BCUT2D eigenvalue weighted by Crippen LogP contribution is -2.61. The Bertz CT molecular complexity index is 1680. The second kappa shape index (κ2) is 40.5. The molecule has 0 spiro atoms. The Morgan fingerprint density at radius 1 is 0.471 bits per heavy atom. The zero-order valence-electron chi connectivity index (χ0n) is 41.4. The molecule has 2 fully saturated rings. The van der Waals surface area contributed by atoms with Gasteiger partial charge in [0, 0.05) is 12.8 Å². The molecule has 15 heteroatoms. The molecule has 2 heterocycles. The lowest BCUT2D eigenvalue weighted by Gasteiger charge is -2.42. The van der Waals surface area contributed by atoms with Crippen LogP contribution in [0.1, 0.15) is 117 Å². The van der Waals surface area contributed by atoms with Gasteiger partial charge >= 0.3 is 11.9 Å². The van der Waals surface area contributed by atoms with Crippen molar-refractivity contribution in [3.05, 3.63) is 122 Å². The van der Waals surface area contributed by atoms with Gasteiger partial charge in [0.1, 0.15) is 55.4 Å². The summed E-state index contributed by atoms with van der Waals surface area (Å²) in [6, 6.07) is 0. The first-order chi connectivity index (χ1) is 34.0. The minimum Gasteiger partial charge on any atom is -0.462 e. The Morgan fingerprint density at radius 2 is 0.929 bits per heavy atom. The average molecular weight is 985 g/mol. The van der Waals surface area contributed by atoms with Crippen molar-refractivity contribution in [1.82, 2.24) is 0 Å². The molecule has 0 amide bonds. The lowest BCUT2D eigenvalue weighted by atomic mass is 9.98. The van der Waals surface area contributed by atoms with Gasteiger partial charge in [-0.15, -0.1) is 0 Å². The van der Waals surface area contributed by atoms with Crippen LogP contribution in [0, 0.1) is 0 Å². The van der Waals surface area contributed by atoms with E-state index >= 15 is 0 Å². The van der Waals surface area contributed by atoms with Gasteiger partial charge in [-0.3, -0.25) is 9.59 Å². The zero-order chi connectivity index (χ0) is 51.0. The molecule has 2 saturated heterocycles. The molecule has 11 atom stereocenters. The first-order valence-electron chi connectivity index (χ1n) is 25.2. The summed E-state index contributed by atoms with van der Waals surface area (Å²) >= 11 is 0. The largest absolute Gasteiger partial charge is 0.462 e. The number of carbonyl (C=O) groups excluding carboxylic acids is 2. The maximum absolute atomic E-state index is 13.0. The van der Waals surface area contributed by atoms with Crippen molar-refractivity contribution in [1.29, 1.82) is 0 Å². The third-order valence-corrected chi connectivity index (χ3v) is 11.0. The summed E-state index contributed by atoms with van der Waals surface area (Å²) in [6.45, 7) is 2.20. The summed E-state index contributed by atoms with van der Waals surface area (Å²) < 4.78 is 33.4. The van der Waals surface area contributed by atoms with Crippen molar-refractivity contribution in [3.8, 4) is 0 Å². The van der Waals surface area contributed by atoms with E-state index in [1.54, 1.807) is 0 Å². The summed E-state index contributed by atoms with van der Waals surface area (Å²) in [5, 5.41) is 72.0. The highest BCUT2D eigenvalue weighted by molar-refractivity contribution is 5.70. The molecule has 0 radical (unpaired) electrons. The van der Waals surface area contributed by atoms with E-state index in [1.807, 2.05) is 36.5 Å². The quantitative estimate of drug-likeness (QED) is 0.0146. The van der Waals surface area contributed by atoms with Crippen molar-refractivity contribution in [3.63, 3.8) is 0 Å². The molecule has 394 valence electrons. The Labute approximate surface area is 416 Å². The van der Waals surface area contributed by atoms with Gasteiger partial charge in [0.25, 0.3) is 0 Å². The molecule has 0 bridgehead atoms. The third-order valence-electron chi connectivity index (χ3n) is 11.0. The molecule has 0 saturated carbocycles. The molecule has 5 unspecified atom stereocenters. The molecule has 15 nitrogen and oxygen atoms in total. The van der Waals surface area contributed by atoms with E-state index in [4.69, 9.17) is 28.4 Å². The Kier molecular flexibility index (Phi) is 35.9. The monoisotopic (exact) mass is 985 g/mol. The summed E-state index contributed by atoms with van der Waals surface area (Å²) in [7, 11) is 0. The van der Waals surface area contributed by atoms with E-state index in [0.29, 0.717) is 12.8 Å². The standard InChI is InChI=1S/C55H84O15/c1-3-5-7-9-11-13-15-17-18-19-20-21-22-23-24-26-27-29-31-33-35-37-46(57)65-40-43(68-47(58)38-36-34-32-30-28-25-16-14-12-10-8-6-4-2)41-66-54-53(64)51(62)49(60)45(70-54)42-67-55-52(63)50(61)48(59)44(39-56)69-55/h5-8,10-14,16-18,20-21,23-25,27-29,43-45,48-56,59-64H,3-4,9,15,19,22,26,30-42H2,1-2H3/b7-5+,8-6+,12-10+,13-11+,16-14+,18-17+,21-20+,24-23+,28-25+,29-27+/t43?,44-,45-,48+,49+,50?,51?,52?,53?,54-,55-/m1/s1. The average Bonchev–Trinajstić information content (AvgIpc) is 3.35. The van der Waals surface area contributed by atoms with Crippen molar-refractivity contribution in [2.45, 2.75) is 184 Å². The summed E-state index contributed by atoms with van der Waals surface area (Å²) in [5.74, 6) is -1.04. The topological polar surface area (TPSA) is 231 Å². The Morgan fingerprint density at radius 3 is 1.51 bits per heavy atom. The fourth-order valence-electron chi connectivity index (χ4n) is 6.93. The molecule has 0 aromatic rings. The summed E-state index contributed by atoms with van der Waals surface area (Å²) in [5.41, 5.74) is 0. The number of carbonyl (C=O) groups is 2. The number of allylic oxidation sites excluding steroid dienone is 20. The number of aliphatic hydroxyl groups is 7. The molecule has 2 rings (SSSR count). The highest BCUT2D eigenvalue weighted by atomic mass is 16.7. The normalized spacial score (nSPS) is 26.4. The molecular formula is C55H84O15. The van der Waals surface area contributed by atoms with Crippen LogP contribution in [-0.4, -0.2) is 142 Å². The van der Waals surface area contributed by atoms with Crippen LogP contribution in [0.15, 0.2) is 122 Å². The minimum atomic E-state index is -1.79. The molecule has 7 N–H and O–H groups in total. The molecule has 0 aromatic heterocycles. The van der Waals surface area contributed by atoms with Crippen LogP contribution >= 0.6 is 0 Å². The number of ether oxygens (including phenoxy) is 6. The second-order valence-corrected chi connectivity index (χ2v) is 17.0. The predicted octanol–water partition coefficient (Wildman–Crippen LogP) is 6.93. The number of unbranched alkanes of at least 4 members (excludes halogenated alkanes) is 5. The predicted molar refractivity (Wildman–Crippen MR) is 270 cm³/mol. The number of rotatable bonds is 36. The number of hydrogen-bond acceptors (Lipinski definition) is 15. The van der Waals surface area contributed by atoms with Gasteiger partial charge in [-0.1, -0.05) is 142 Å². The Hall–Kier alpha value is -4.10. The smallest absolute Gasteiger partial charge is 0.306 e. The highest BCUT2D eigenvalue weighted by Gasteiger charge is 2.47. The first-order valence-corrected chi connectivity index (χ1v) is 25.2. The van der Waals surface area contributed by atoms with Gasteiger partial charge < -0.3 is 64.2 Å². The summed E-state index contributed by atoms with van der Waals surface area (Å²) in [6.07, 6.45) is 36.7. The van der Waals surface area contributed by atoms with Crippen LogP contribution in [0.5, 0.6) is 0 Å². The van der Waals surface area contributed by atoms with Crippen LogP contribution < -0.4 is 0 Å². The third kappa shape index (κ3) is 28.1. The van der Waals surface area contributed by atoms with Gasteiger partial charge in [0.15, 0.2) is 18.7 Å². The van der Waals surface area contributed by atoms with Crippen molar-refractivity contribution in [2.75, 3.05) is 26.4 Å². The van der Waals surface area contributed by atoms with Crippen LogP contribution in [0.3, 0.4) is 0 Å². The molecule has 2 aliphatic rings. The van der Waals surface area contributed by atoms with E-state index in [1.165, 1.54) is 0 Å². The number of aliphatic hydroxyl groups excluding tert-OH is 7. The molecule has 0 aromatic carbocycles. The van der Waals surface area contributed by atoms with Gasteiger partial charge in [-0.2, -0.15) is 0 Å². The maximum atomic E-state index is 13.0. The first kappa shape index (κ1) is 62.0. The maximum Gasteiger partial charge on any atom is 0.306 e. The van der Waals surface area contributed by atoms with Crippen molar-refractivity contribution < 1.29 is 73.8 Å². The van der Waals surface area contributed by atoms with Gasteiger partial charge in [-0.05, 0) is 83.5 Å². The van der Waals surface area contributed by atoms with E-state index in [9.17, 15) is 45.3 Å². The van der Waals surface area contributed by atoms with E-state index in [0.717, 1.165) is 77.0 Å². The molecular weight excluding hydrogens is 901 g/mol. The SMILES string of the molecule is CC/C=C/C=C/C=C/C=C/CCCCCC(=O)OC(COC(=O)CCCC/C=C/C/C=C/C/C=C/C/C=C/C/C=C/C/C=C/CC)CO[C@@H]1O[C@H](CO[C@@H]2O[C@H](CO)[C@H](O)C(O)C2O)[C@H](O)C(O)C1O. The molecule has 70 heavy (non-hydrogen) atoms. The molecule has 2 aliphatic heterocycles. The van der Waals surface area contributed by atoms with Crippen molar-refractivity contribution in [2.24, 2.45) is 0 Å². The Balaban J connectivity index is 1.84. The van der Waals surface area contributed by atoms with Crippen LogP contribution in [0.2, 0.25) is 0 Å². The van der Waals surface area contributed by atoms with E-state index < -0.39 is 99.3 Å². The van der Waals surface area contributed by atoms with E-state index in [2.05, 4.69) is 98.9 Å². The summed E-state index contributed by atoms with van der Waals surface area (Å²) in [4.78, 5) is 25.7. The van der Waals surface area contributed by atoms with E-state index in [-0.39, 0.29) is 19.4 Å². The van der Waals surface area contributed by atoms with Gasteiger partial charge in [0.05, 0.1) is 19.8 Å². The van der Waals surface area contributed by atoms with Gasteiger partial charge in [0.2, 0.25) is 0 Å². The van der Waals surface area contributed by atoms with Crippen molar-refractivity contribution >= 4 is 11.9 Å². The fourth-order valence-corrected chi connectivity index (χ4v) is 6.93. The lowest BCUT2D eigenvalue weighted by molar-refractivity contribution is -0.332. The molecule has 0 aliphatic carbocycles. The fraction of sp³-hybridized carbons (Fsp3) is 0.600. The zero-order valence-corrected chi connectivity index (χ0v) is 41.4. The highest BCUT2D eigenvalue weighted by Crippen LogP contribution is 2.26. The van der Waals surface area contributed by atoms with Crippen LogP contribution in [-0.2, 0) is 38.0 Å². The number of esters is 2. The number of hydrogen-bond donors (Lipinski definition) is 7. The van der Waals surface area contributed by atoms with Crippen LogP contribution in [0.25, 0.3) is 0 Å². The minimum absolute atomic E-state index is 0.101. The second-order valence-electron chi connectivity index (χ2n) is 17.0. The van der Waals surface area contributed by atoms with Crippen LogP contribution in [0.4, 0.5) is 0 Å².